The topological polar surface area (TPSA) is 22.1 Å². The molecule has 2 nitrogen and oxygen atoms in total. The molecule has 0 N–H and O–H groups in total. The predicted molar refractivity (Wildman–Crippen MR) is 44.8 cm³/mol. The van der Waals surface area contributed by atoms with Crippen LogP contribution in [-0.4, -0.2) is 11.6 Å². The van der Waals surface area contributed by atoms with E-state index < -0.39 is 0 Å². The van der Waals surface area contributed by atoms with Gasteiger partial charge < -0.3 is 3.83 Å². The molecule has 67 valence electrons. The van der Waals surface area contributed by atoms with Crippen molar-refractivity contribution in [3.05, 3.63) is 30.6 Å². The number of hydrogen-bond donors (Lipinski definition) is 0. The molecule has 4 heteroatoms. The molecule has 0 amide bonds. The van der Waals surface area contributed by atoms with Gasteiger partial charge in [0.25, 0.3) is 0 Å². The molecule has 1 rings (SSSR count). The third kappa shape index (κ3) is 13.2. The average Bonchev–Trinajstić information content (AvgIpc) is 2.08. The molecule has 0 saturated heterocycles. The molecular weight excluding hydrogens is 258 g/mol. The van der Waals surface area contributed by atoms with Crippen LogP contribution in [0.25, 0.3) is 0 Å². The van der Waals surface area contributed by atoms with Crippen molar-refractivity contribution in [1.29, 1.82) is 0 Å². The number of halogens is 1. The van der Waals surface area contributed by atoms with Gasteiger partial charge in [0.05, 0.1) is 22.9 Å². The van der Waals surface area contributed by atoms with E-state index in [0.29, 0.717) is 0 Å². The van der Waals surface area contributed by atoms with E-state index in [2.05, 4.69) is 25.1 Å². The van der Waals surface area contributed by atoms with Gasteiger partial charge in [-0.05, 0) is 19.1 Å². The first-order valence-electron chi connectivity index (χ1n) is 3.00. The first-order valence-corrected chi connectivity index (χ1v) is 3.65. The Morgan fingerprint density at radius 1 is 1.27 bits per heavy atom. The van der Waals surface area contributed by atoms with Crippen LogP contribution >= 0.6 is 16.3 Å². The normalized spacial score (nSPS) is 7.09. The SMILES string of the molecule is CCOBr.[Cu].c1ccncc1. The quantitative estimate of drug-likeness (QED) is 0.729. The Balaban J connectivity index is 0. The molecule has 0 aromatic carbocycles. The molecule has 11 heavy (non-hydrogen) atoms. The Labute approximate surface area is 86.3 Å². The van der Waals surface area contributed by atoms with Gasteiger partial charge in [-0.25, -0.2) is 0 Å². The number of aromatic nitrogens is 1. The third-order valence-corrected chi connectivity index (χ3v) is 1.13. The van der Waals surface area contributed by atoms with Crippen molar-refractivity contribution in [2.24, 2.45) is 0 Å². The van der Waals surface area contributed by atoms with Crippen LogP contribution in [0.15, 0.2) is 30.6 Å². The number of rotatable bonds is 1. The summed E-state index contributed by atoms with van der Waals surface area (Å²) in [5.74, 6) is 0. The Kier molecular flexibility index (Phi) is 15.9. The van der Waals surface area contributed by atoms with Gasteiger partial charge >= 0.3 is 0 Å². The molecule has 1 aromatic heterocycles. The summed E-state index contributed by atoms with van der Waals surface area (Å²) in [6.07, 6.45) is 3.50. The smallest absolute Gasteiger partial charge is 0.0987 e. The standard InChI is InChI=1S/C5H5N.C2H5BrO.Cu/c1-2-4-6-5-3-1;1-2-4-3;/h1-5H;2H2,1H3;. The van der Waals surface area contributed by atoms with Crippen molar-refractivity contribution in [3.63, 3.8) is 0 Å². The van der Waals surface area contributed by atoms with Crippen LogP contribution < -0.4 is 0 Å². The third-order valence-electron chi connectivity index (χ3n) is 0.676. The fourth-order valence-electron chi connectivity index (χ4n) is 0.313. The zero-order chi connectivity index (χ0) is 7.66. The van der Waals surface area contributed by atoms with Gasteiger partial charge in [-0.3, -0.25) is 4.98 Å². The van der Waals surface area contributed by atoms with E-state index in [0.717, 1.165) is 6.61 Å². The first-order chi connectivity index (χ1) is 4.91. The molecule has 1 radical (unpaired) electrons. The van der Waals surface area contributed by atoms with Crippen LogP contribution in [0.5, 0.6) is 0 Å². The Bertz CT molecular complexity index is 110. The second-order valence-electron chi connectivity index (χ2n) is 1.42. The van der Waals surface area contributed by atoms with Crippen LogP contribution in [0.3, 0.4) is 0 Å². The molecular formula is C7H10BrCuNO. The first kappa shape index (κ1) is 13.7. The van der Waals surface area contributed by atoms with Crippen molar-refractivity contribution in [2.45, 2.75) is 6.92 Å². The van der Waals surface area contributed by atoms with E-state index >= 15 is 0 Å². The van der Waals surface area contributed by atoms with Gasteiger partial charge in [0.2, 0.25) is 0 Å². The summed E-state index contributed by atoms with van der Waals surface area (Å²) in [4.78, 5) is 3.78. The van der Waals surface area contributed by atoms with Gasteiger partial charge in [-0.1, -0.05) is 6.07 Å². The molecule has 0 fully saturated rings. The Hall–Kier alpha value is 0.109. The van der Waals surface area contributed by atoms with Gasteiger partial charge in [-0.2, -0.15) is 0 Å². The van der Waals surface area contributed by atoms with Crippen molar-refractivity contribution in [2.75, 3.05) is 6.61 Å². The Morgan fingerprint density at radius 2 is 1.73 bits per heavy atom. The number of pyridine rings is 1. The van der Waals surface area contributed by atoms with Gasteiger partial charge in [0.15, 0.2) is 0 Å². The fourth-order valence-corrected chi connectivity index (χ4v) is 0.313. The average molecular weight is 268 g/mol. The summed E-state index contributed by atoms with van der Waals surface area (Å²) < 4.78 is 4.35. The molecule has 0 unspecified atom stereocenters. The zero-order valence-corrected chi connectivity index (χ0v) is 8.66. The maximum atomic E-state index is 4.35. The monoisotopic (exact) mass is 266 g/mol. The largest absolute Gasteiger partial charge is 0.308 e. The van der Waals surface area contributed by atoms with E-state index in [9.17, 15) is 0 Å². The van der Waals surface area contributed by atoms with Crippen LogP contribution in [0, 0.1) is 0 Å². The number of hydrogen-bond acceptors (Lipinski definition) is 2. The molecule has 0 bridgehead atoms. The summed E-state index contributed by atoms with van der Waals surface area (Å²) in [5, 5.41) is 0. The van der Waals surface area contributed by atoms with Crippen molar-refractivity contribution >= 4 is 16.3 Å². The summed E-state index contributed by atoms with van der Waals surface area (Å²) in [5.41, 5.74) is 0. The van der Waals surface area contributed by atoms with Gasteiger partial charge in [0, 0.05) is 29.5 Å². The van der Waals surface area contributed by atoms with E-state index in [1.54, 1.807) is 12.4 Å². The van der Waals surface area contributed by atoms with Crippen molar-refractivity contribution in [1.82, 2.24) is 4.98 Å². The molecule has 1 aromatic rings. The van der Waals surface area contributed by atoms with E-state index in [4.69, 9.17) is 0 Å². The number of nitrogens with zero attached hydrogens (tertiary/aromatic N) is 1. The molecule has 0 aliphatic carbocycles. The van der Waals surface area contributed by atoms with Gasteiger partial charge in [0.1, 0.15) is 0 Å². The maximum Gasteiger partial charge on any atom is 0.0987 e. The van der Waals surface area contributed by atoms with E-state index in [1.165, 1.54) is 0 Å². The summed E-state index contributed by atoms with van der Waals surface area (Å²) in [6, 6.07) is 5.72. The van der Waals surface area contributed by atoms with Crippen molar-refractivity contribution in [3.8, 4) is 0 Å². The minimum atomic E-state index is 0. The van der Waals surface area contributed by atoms with E-state index in [1.807, 2.05) is 25.1 Å². The van der Waals surface area contributed by atoms with E-state index in [-0.39, 0.29) is 17.1 Å². The maximum absolute atomic E-state index is 4.35. The van der Waals surface area contributed by atoms with Crippen LogP contribution in [0.2, 0.25) is 0 Å². The molecule has 0 saturated carbocycles. The predicted octanol–water partition coefficient (Wildman–Crippen LogP) is 2.41. The second kappa shape index (κ2) is 12.8. The molecule has 0 aliphatic rings. The van der Waals surface area contributed by atoms with Crippen LogP contribution in [-0.2, 0) is 20.9 Å². The molecule has 0 atom stereocenters. The summed E-state index contributed by atoms with van der Waals surface area (Å²) >= 11 is 2.75. The summed E-state index contributed by atoms with van der Waals surface area (Å²) in [6.45, 7) is 2.65. The Morgan fingerprint density at radius 3 is 1.82 bits per heavy atom. The molecule has 1 heterocycles. The van der Waals surface area contributed by atoms with Crippen molar-refractivity contribution < 1.29 is 20.9 Å². The minimum absolute atomic E-state index is 0. The zero-order valence-electron chi connectivity index (χ0n) is 6.13. The second-order valence-corrected chi connectivity index (χ2v) is 1.88. The minimum Gasteiger partial charge on any atom is -0.308 e. The van der Waals surface area contributed by atoms with Crippen LogP contribution in [0.4, 0.5) is 0 Å². The molecule has 0 spiro atoms. The fraction of sp³-hybridized carbons (Fsp3) is 0.286. The molecule has 0 aliphatic heterocycles. The summed E-state index contributed by atoms with van der Waals surface area (Å²) in [7, 11) is 0. The van der Waals surface area contributed by atoms with Gasteiger partial charge in [-0.15, -0.1) is 0 Å². The van der Waals surface area contributed by atoms with Crippen LogP contribution in [0.1, 0.15) is 6.92 Å².